The lowest BCUT2D eigenvalue weighted by Gasteiger charge is -2.07. The van der Waals surface area contributed by atoms with Gasteiger partial charge in [-0.2, -0.15) is 14.8 Å². The van der Waals surface area contributed by atoms with Crippen molar-refractivity contribution in [3.8, 4) is 17.2 Å². The lowest BCUT2D eigenvalue weighted by molar-refractivity contribution is -0.116. The summed E-state index contributed by atoms with van der Waals surface area (Å²) in [7, 11) is 1.27. The van der Waals surface area contributed by atoms with E-state index in [1.165, 1.54) is 19.2 Å². The first-order chi connectivity index (χ1) is 15.8. The maximum atomic E-state index is 13.2. The molecule has 0 fully saturated rings. The maximum Gasteiger partial charge on any atom is 0.351 e. The van der Waals surface area contributed by atoms with Crippen molar-refractivity contribution in [2.75, 3.05) is 5.32 Å². The van der Waals surface area contributed by atoms with E-state index in [-0.39, 0.29) is 41.8 Å². The highest BCUT2D eigenvalue weighted by Gasteiger charge is 2.19. The Kier molecular flexibility index (Phi) is 6.13. The quantitative estimate of drug-likeness (QED) is 0.458. The summed E-state index contributed by atoms with van der Waals surface area (Å²) in [5.41, 5.74) is -0.973. The Morgan fingerprint density at radius 2 is 1.88 bits per heavy atom. The Bertz CT molecular complexity index is 1440. The molecule has 0 bridgehead atoms. The molecule has 4 aromatic rings. The Morgan fingerprint density at radius 3 is 2.61 bits per heavy atom. The van der Waals surface area contributed by atoms with E-state index >= 15 is 0 Å². The lowest BCUT2D eigenvalue weighted by atomic mass is 10.2. The van der Waals surface area contributed by atoms with Gasteiger partial charge >= 0.3 is 5.69 Å². The highest BCUT2D eigenvalue weighted by molar-refractivity contribution is 6.33. The number of amides is 1. The van der Waals surface area contributed by atoms with E-state index in [9.17, 15) is 18.8 Å². The minimum absolute atomic E-state index is 0.0212. The molecule has 33 heavy (non-hydrogen) atoms. The first-order valence-electron chi connectivity index (χ1n) is 9.67. The summed E-state index contributed by atoms with van der Waals surface area (Å²) in [6.07, 6.45) is 0.120. The molecule has 0 atom stereocenters. The molecule has 4 rings (SSSR count). The van der Waals surface area contributed by atoms with Crippen LogP contribution < -0.4 is 16.6 Å². The van der Waals surface area contributed by atoms with E-state index in [1.807, 2.05) is 0 Å². The molecule has 2 heterocycles. The predicted octanol–water partition coefficient (Wildman–Crippen LogP) is 2.35. The molecule has 1 N–H and O–H groups in total. The van der Waals surface area contributed by atoms with Gasteiger partial charge in [0.05, 0.1) is 16.4 Å². The van der Waals surface area contributed by atoms with Crippen LogP contribution in [0.1, 0.15) is 12.3 Å². The zero-order valence-corrected chi connectivity index (χ0v) is 17.9. The zero-order chi connectivity index (χ0) is 23.5. The highest BCUT2D eigenvalue weighted by atomic mass is 35.5. The molecule has 0 saturated carbocycles. The number of halogens is 2. The average Bonchev–Trinajstić information content (AvgIpc) is 3.27. The van der Waals surface area contributed by atoms with Gasteiger partial charge < -0.3 is 9.84 Å². The molecule has 2 aromatic carbocycles. The van der Waals surface area contributed by atoms with E-state index in [1.54, 1.807) is 24.3 Å². The Morgan fingerprint density at radius 1 is 1.15 bits per heavy atom. The van der Waals surface area contributed by atoms with E-state index in [0.717, 1.165) is 21.4 Å². The van der Waals surface area contributed by atoms with Gasteiger partial charge in [-0.25, -0.2) is 9.18 Å². The summed E-state index contributed by atoms with van der Waals surface area (Å²) in [6.45, 7) is 0. The third-order valence-electron chi connectivity index (χ3n) is 4.64. The summed E-state index contributed by atoms with van der Waals surface area (Å²) >= 11 is 6.02. The molecule has 0 aliphatic heterocycles. The minimum atomic E-state index is -0.734. The van der Waals surface area contributed by atoms with Crippen LogP contribution in [0.2, 0.25) is 5.02 Å². The van der Waals surface area contributed by atoms with Crippen LogP contribution in [-0.4, -0.2) is 30.4 Å². The number of carbonyl (C=O) groups is 1. The van der Waals surface area contributed by atoms with E-state index in [2.05, 4.69) is 20.6 Å². The largest absolute Gasteiger partial charge is 0.351 e. The fourth-order valence-corrected chi connectivity index (χ4v) is 3.10. The van der Waals surface area contributed by atoms with E-state index < -0.39 is 17.1 Å². The van der Waals surface area contributed by atoms with Gasteiger partial charge in [-0.1, -0.05) is 28.9 Å². The molecule has 0 radical (unpaired) electrons. The molecular formula is C21H16ClFN6O4. The fraction of sp³-hybridized carbons (Fsp3) is 0.143. The lowest BCUT2D eigenvalue weighted by Crippen LogP contribution is -2.40. The molecule has 1 amide bonds. The van der Waals surface area contributed by atoms with Crippen LogP contribution >= 0.6 is 11.6 Å². The van der Waals surface area contributed by atoms with Gasteiger partial charge in [0.25, 0.3) is 5.56 Å². The van der Waals surface area contributed by atoms with Crippen molar-refractivity contribution in [3.63, 3.8) is 0 Å². The molecule has 0 spiro atoms. The minimum Gasteiger partial charge on any atom is -0.339 e. The molecule has 12 heteroatoms. The third-order valence-corrected chi connectivity index (χ3v) is 4.97. The molecule has 2 aromatic heterocycles. The SMILES string of the molecule is Cn1c(=O)c(-c2noc(CCC(=O)Nc3ccccc3Cl)n2)nn(-c2ccc(F)cc2)c1=O. The van der Waals surface area contributed by atoms with Gasteiger partial charge in [0.2, 0.25) is 17.6 Å². The van der Waals surface area contributed by atoms with E-state index in [0.29, 0.717) is 10.7 Å². The second kappa shape index (κ2) is 9.17. The van der Waals surface area contributed by atoms with Crippen LogP contribution in [-0.2, 0) is 18.3 Å². The summed E-state index contributed by atoms with van der Waals surface area (Å²) in [5.74, 6) is -0.851. The van der Waals surface area contributed by atoms with Crippen LogP contribution in [0.3, 0.4) is 0 Å². The molecule has 168 valence electrons. The smallest absolute Gasteiger partial charge is 0.339 e. The van der Waals surface area contributed by atoms with Crippen LogP contribution in [0.25, 0.3) is 17.2 Å². The number of nitrogens with one attached hydrogen (secondary N) is 1. The second-order valence-electron chi connectivity index (χ2n) is 6.92. The average molecular weight is 471 g/mol. The van der Waals surface area contributed by atoms with Gasteiger partial charge in [0.15, 0.2) is 5.69 Å². The number of hydrogen-bond acceptors (Lipinski definition) is 7. The third kappa shape index (κ3) is 4.72. The van der Waals surface area contributed by atoms with Crippen LogP contribution in [0.4, 0.5) is 10.1 Å². The van der Waals surface area contributed by atoms with Crippen LogP contribution in [0.15, 0.2) is 62.6 Å². The van der Waals surface area contributed by atoms with Gasteiger partial charge in [0, 0.05) is 19.9 Å². The Labute approximate surface area is 190 Å². The number of nitrogens with zero attached hydrogens (tertiary/aromatic N) is 5. The molecular weight excluding hydrogens is 455 g/mol. The van der Waals surface area contributed by atoms with Crippen molar-refractivity contribution in [1.82, 2.24) is 24.5 Å². The number of para-hydroxylation sites is 1. The number of carbonyl (C=O) groups excluding carboxylic acids is 1. The van der Waals surface area contributed by atoms with Crippen LogP contribution in [0.5, 0.6) is 0 Å². The monoisotopic (exact) mass is 470 g/mol. The number of aromatic nitrogens is 5. The van der Waals surface area contributed by atoms with Crippen molar-refractivity contribution in [2.45, 2.75) is 12.8 Å². The number of benzene rings is 2. The number of anilines is 1. The standard InChI is InChI=1S/C21H16ClFN6O4/c1-28-20(31)18(26-29(21(28)32)13-8-6-12(23)7-9-13)19-25-17(33-27-19)11-10-16(30)24-15-5-3-2-4-14(15)22/h2-9H,10-11H2,1H3,(H,24,30). The van der Waals surface area contributed by atoms with Crippen LogP contribution in [0, 0.1) is 5.82 Å². The van der Waals surface area contributed by atoms with Crippen molar-refractivity contribution in [1.29, 1.82) is 0 Å². The van der Waals surface area contributed by atoms with Gasteiger partial charge in [-0.15, -0.1) is 0 Å². The van der Waals surface area contributed by atoms with Crippen molar-refractivity contribution in [2.24, 2.45) is 7.05 Å². The van der Waals surface area contributed by atoms with Crippen molar-refractivity contribution in [3.05, 3.63) is 86.1 Å². The Balaban J connectivity index is 1.55. The van der Waals surface area contributed by atoms with Gasteiger partial charge in [-0.05, 0) is 36.4 Å². The first-order valence-corrected chi connectivity index (χ1v) is 10.0. The predicted molar refractivity (Wildman–Crippen MR) is 117 cm³/mol. The Hall–Kier alpha value is -4.12. The van der Waals surface area contributed by atoms with Crippen molar-refractivity contribution < 1.29 is 13.7 Å². The summed E-state index contributed by atoms with van der Waals surface area (Å²) < 4.78 is 20.1. The summed E-state index contributed by atoms with van der Waals surface area (Å²) in [5, 5.41) is 10.9. The molecule has 0 aliphatic rings. The number of rotatable bonds is 6. The number of hydrogen-bond donors (Lipinski definition) is 1. The first kappa shape index (κ1) is 22.1. The summed E-state index contributed by atoms with van der Waals surface area (Å²) in [4.78, 5) is 41.3. The summed E-state index contributed by atoms with van der Waals surface area (Å²) in [6, 6.07) is 11.8. The molecule has 0 saturated heterocycles. The van der Waals surface area contributed by atoms with Gasteiger partial charge in [0.1, 0.15) is 5.82 Å². The molecule has 10 nitrogen and oxygen atoms in total. The van der Waals surface area contributed by atoms with Crippen molar-refractivity contribution >= 4 is 23.2 Å². The second-order valence-corrected chi connectivity index (χ2v) is 7.33. The maximum absolute atomic E-state index is 13.2. The normalized spacial score (nSPS) is 10.9. The molecule has 0 aliphatic carbocycles. The number of aryl methyl sites for hydroxylation is 1. The van der Waals surface area contributed by atoms with Gasteiger partial charge in [-0.3, -0.25) is 14.2 Å². The topological polar surface area (TPSA) is 125 Å². The highest BCUT2D eigenvalue weighted by Crippen LogP contribution is 2.20. The fourth-order valence-electron chi connectivity index (χ4n) is 2.91. The van der Waals surface area contributed by atoms with E-state index in [4.69, 9.17) is 16.1 Å². The zero-order valence-electron chi connectivity index (χ0n) is 17.2. The molecule has 0 unspecified atom stereocenters.